The van der Waals surface area contributed by atoms with Gasteiger partial charge in [0.15, 0.2) is 6.29 Å². The average molecular weight is 328 g/mol. The number of carbonyl (C=O) groups excluding carboxylic acids is 2. The first kappa shape index (κ1) is 16.3. The van der Waals surface area contributed by atoms with E-state index in [0.29, 0.717) is 22.4 Å². The van der Waals surface area contributed by atoms with Gasteiger partial charge in [-0.2, -0.15) is 0 Å². The normalized spacial score (nSPS) is 10.1. The van der Waals surface area contributed by atoms with Gasteiger partial charge in [-0.1, -0.05) is 36.9 Å². The van der Waals surface area contributed by atoms with Crippen LogP contribution in [0.15, 0.2) is 79.5 Å². The molecule has 0 saturated carbocycles. The zero-order valence-electron chi connectivity index (χ0n) is 13.5. The zero-order chi connectivity index (χ0) is 17.6. The molecule has 25 heavy (non-hydrogen) atoms. The maximum absolute atomic E-state index is 12.3. The molecule has 122 valence electrons. The first-order valence-electron chi connectivity index (χ1n) is 7.75. The SMILES string of the molecule is C=C(c1ccc(NC(=O)c2ccccc2)c(C=O)c1)c1ccccn1. The molecular weight excluding hydrogens is 312 g/mol. The fourth-order valence-electron chi connectivity index (χ4n) is 2.43. The van der Waals surface area contributed by atoms with E-state index in [1.54, 1.807) is 42.6 Å². The number of rotatable bonds is 5. The summed E-state index contributed by atoms with van der Waals surface area (Å²) in [5, 5.41) is 2.77. The van der Waals surface area contributed by atoms with Crippen molar-refractivity contribution < 1.29 is 9.59 Å². The summed E-state index contributed by atoms with van der Waals surface area (Å²) in [4.78, 5) is 28.0. The number of nitrogens with one attached hydrogen (secondary N) is 1. The number of hydrogen-bond donors (Lipinski definition) is 1. The van der Waals surface area contributed by atoms with Gasteiger partial charge in [0.2, 0.25) is 0 Å². The number of pyridine rings is 1. The molecule has 0 spiro atoms. The molecule has 0 unspecified atom stereocenters. The monoisotopic (exact) mass is 328 g/mol. The Morgan fingerprint density at radius 2 is 1.72 bits per heavy atom. The smallest absolute Gasteiger partial charge is 0.255 e. The Balaban J connectivity index is 1.86. The lowest BCUT2D eigenvalue weighted by atomic mass is 10.0. The molecule has 0 aliphatic rings. The maximum atomic E-state index is 12.3. The number of carbonyl (C=O) groups is 2. The second-order valence-electron chi connectivity index (χ2n) is 5.43. The third-order valence-electron chi connectivity index (χ3n) is 3.79. The van der Waals surface area contributed by atoms with Gasteiger partial charge in [-0.3, -0.25) is 14.6 Å². The number of aromatic nitrogens is 1. The second-order valence-corrected chi connectivity index (χ2v) is 5.43. The second kappa shape index (κ2) is 7.36. The number of aldehydes is 1. The van der Waals surface area contributed by atoms with Crippen LogP contribution in [-0.4, -0.2) is 17.2 Å². The van der Waals surface area contributed by atoms with Crippen LogP contribution in [0.3, 0.4) is 0 Å². The molecule has 1 heterocycles. The van der Waals surface area contributed by atoms with Crippen molar-refractivity contribution in [1.29, 1.82) is 0 Å². The van der Waals surface area contributed by atoms with Crippen LogP contribution in [0, 0.1) is 0 Å². The molecule has 1 amide bonds. The fraction of sp³-hybridized carbons (Fsp3) is 0. The van der Waals surface area contributed by atoms with Gasteiger partial charge >= 0.3 is 0 Å². The molecular formula is C21H16N2O2. The summed E-state index contributed by atoms with van der Waals surface area (Å²) in [6, 6.07) is 19.6. The van der Waals surface area contributed by atoms with Crippen molar-refractivity contribution in [3.63, 3.8) is 0 Å². The van der Waals surface area contributed by atoms with E-state index < -0.39 is 0 Å². The van der Waals surface area contributed by atoms with Crippen molar-refractivity contribution in [3.05, 3.63) is 102 Å². The van der Waals surface area contributed by atoms with Crippen LogP contribution >= 0.6 is 0 Å². The highest BCUT2D eigenvalue weighted by atomic mass is 16.1. The average Bonchev–Trinajstić information content (AvgIpc) is 2.69. The van der Waals surface area contributed by atoms with E-state index in [1.165, 1.54) is 0 Å². The number of anilines is 1. The Hall–Kier alpha value is -3.53. The van der Waals surface area contributed by atoms with Crippen LogP contribution in [0.5, 0.6) is 0 Å². The lowest BCUT2D eigenvalue weighted by Gasteiger charge is -2.11. The summed E-state index contributed by atoms with van der Waals surface area (Å²) in [6.45, 7) is 4.04. The van der Waals surface area contributed by atoms with Gasteiger partial charge in [-0.25, -0.2) is 0 Å². The molecule has 0 aliphatic carbocycles. The number of benzene rings is 2. The standard InChI is InChI=1S/C21H16N2O2/c1-15(19-9-5-6-12-22-19)17-10-11-20(18(13-17)14-24)23-21(25)16-7-3-2-4-8-16/h2-14H,1H2,(H,23,25). The minimum Gasteiger partial charge on any atom is -0.321 e. The molecule has 0 saturated heterocycles. The van der Waals surface area contributed by atoms with E-state index in [1.807, 2.05) is 30.3 Å². The van der Waals surface area contributed by atoms with Crippen LogP contribution in [0.4, 0.5) is 5.69 Å². The van der Waals surface area contributed by atoms with Crippen molar-refractivity contribution in [1.82, 2.24) is 4.98 Å². The van der Waals surface area contributed by atoms with Gasteiger partial charge in [-0.15, -0.1) is 0 Å². The minimum absolute atomic E-state index is 0.264. The van der Waals surface area contributed by atoms with Gasteiger partial charge in [-0.05, 0) is 42.0 Å². The van der Waals surface area contributed by atoms with Crippen LogP contribution in [-0.2, 0) is 0 Å². The zero-order valence-corrected chi connectivity index (χ0v) is 13.5. The summed E-state index contributed by atoms with van der Waals surface area (Å²) in [5.41, 5.74) is 3.60. The first-order valence-corrected chi connectivity index (χ1v) is 7.75. The van der Waals surface area contributed by atoms with Crippen LogP contribution in [0.2, 0.25) is 0 Å². The molecule has 0 radical (unpaired) electrons. The van der Waals surface area contributed by atoms with Crippen LogP contribution in [0.25, 0.3) is 5.57 Å². The van der Waals surface area contributed by atoms with Gasteiger partial charge in [0.1, 0.15) is 0 Å². The quantitative estimate of drug-likeness (QED) is 0.714. The first-order chi connectivity index (χ1) is 12.2. The Morgan fingerprint density at radius 3 is 2.40 bits per heavy atom. The largest absolute Gasteiger partial charge is 0.321 e. The van der Waals surface area contributed by atoms with E-state index in [0.717, 1.165) is 17.5 Å². The Bertz CT molecular complexity index is 919. The summed E-state index contributed by atoms with van der Waals surface area (Å²) < 4.78 is 0. The third kappa shape index (κ3) is 3.70. The summed E-state index contributed by atoms with van der Waals surface area (Å²) in [5.74, 6) is -0.264. The summed E-state index contributed by atoms with van der Waals surface area (Å²) >= 11 is 0. The van der Waals surface area contributed by atoms with Crippen LogP contribution < -0.4 is 5.32 Å². The highest BCUT2D eigenvalue weighted by molar-refractivity contribution is 6.06. The molecule has 2 aromatic carbocycles. The summed E-state index contributed by atoms with van der Waals surface area (Å²) in [7, 11) is 0. The molecule has 0 bridgehead atoms. The highest BCUT2D eigenvalue weighted by Crippen LogP contribution is 2.24. The van der Waals surface area contributed by atoms with Crippen LogP contribution in [0.1, 0.15) is 32.0 Å². The van der Waals surface area contributed by atoms with Crippen molar-refractivity contribution in [2.24, 2.45) is 0 Å². The molecule has 0 aliphatic heterocycles. The van der Waals surface area contributed by atoms with Crippen molar-refractivity contribution in [3.8, 4) is 0 Å². The number of amides is 1. The topological polar surface area (TPSA) is 59.1 Å². The molecule has 1 N–H and O–H groups in total. The van der Waals surface area contributed by atoms with E-state index in [2.05, 4.69) is 16.9 Å². The predicted molar refractivity (Wildman–Crippen MR) is 98.6 cm³/mol. The van der Waals surface area contributed by atoms with Gasteiger partial charge in [0.25, 0.3) is 5.91 Å². The molecule has 1 aromatic heterocycles. The Kier molecular flexibility index (Phi) is 4.81. The third-order valence-corrected chi connectivity index (χ3v) is 3.79. The van der Waals surface area contributed by atoms with E-state index in [4.69, 9.17) is 0 Å². The van der Waals surface area contributed by atoms with E-state index in [-0.39, 0.29) is 5.91 Å². The predicted octanol–water partition coefficient (Wildman–Crippen LogP) is 4.21. The minimum atomic E-state index is -0.264. The maximum Gasteiger partial charge on any atom is 0.255 e. The molecule has 3 aromatic rings. The molecule has 3 rings (SSSR count). The number of hydrogen-bond acceptors (Lipinski definition) is 3. The summed E-state index contributed by atoms with van der Waals surface area (Å²) in [6.07, 6.45) is 2.41. The number of nitrogens with zero attached hydrogens (tertiary/aromatic N) is 1. The Morgan fingerprint density at radius 1 is 0.960 bits per heavy atom. The van der Waals surface area contributed by atoms with Gasteiger partial charge in [0, 0.05) is 22.9 Å². The highest BCUT2D eigenvalue weighted by Gasteiger charge is 2.11. The molecule has 4 heteroatoms. The lowest BCUT2D eigenvalue weighted by molar-refractivity contribution is 0.102. The van der Waals surface area contributed by atoms with Crippen molar-refractivity contribution in [2.75, 3.05) is 5.32 Å². The fourth-order valence-corrected chi connectivity index (χ4v) is 2.43. The lowest BCUT2D eigenvalue weighted by Crippen LogP contribution is -2.13. The van der Waals surface area contributed by atoms with Gasteiger partial charge in [0.05, 0.1) is 11.4 Å². The van der Waals surface area contributed by atoms with Crippen molar-refractivity contribution in [2.45, 2.75) is 0 Å². The van der Waals surface area contributed by atoms with E-state index >= 15 is 0 Å². The molecule has 4 nitrogen and oxygen atoms in total. The van der Waals surface area contributed by atoms with Gasteiger partial charge < -0.3 is 5.32 Å². The Labute approximate surface area is 145 Å². The molecule has 0 atom stereocenters. The molecule has 0 fully saturated rings. The van der Waals surface area contributed by atoms with E-state index in [9.17, 15) is 9.59 Å². The van der Waals surface area contributed by atoms with Crippen molar-refractivity contribution >= 4 is 23.5 Å².